The number of hydroxylamine groups is 1. The van der Waals surface area contributed by atoms with Crippen LogP contribution in [0.5, 0.6) is 0 Å². The molecule has 0 saturated heterocycles. The highest BCUT2D eigenvalue weighted by atomic mass is 19.2. The maximum Gasteiger partial charge on any atom is 0.228 e. The van der Waals surface area contributed by atoms with Crippen LogP contribution in [-0.2, 0) is 4.84 Å². The number of rotatable bonds is 0. The first-order valence-corrected chi connectivity index (χ1v) is 1.36. The minimum Gasteiger partial charge on any atom is -0.231 e. The summed E-state index contributed by atoms with van der Waals surface area (Å²) >= 11 is 0. The first kappa shape index (κ1) is 3.55. The van der Waals surface area contributed by atoms with E-state index in [4.69, 9.17) is 0 Å². The smallest absolute Gasteiger partial charge is 0.228 e. The molecule has 0 spiro atoms. The molecule has 0 aromatic rings. The van der Waals surface area contributed by atoms with E-state index in [2.05, 4.69) is 9.83 Å². The van der Waals surface area contributed by atoms with Crippen LogP contribution >= 0.6 is 0 Å². The van der Waals surface area contributed by atoms with E-state index in [0.29, 0.717) is 0 Å². The van der Waals surface area contributed by atoms with Crippen LogP contribution in [-0.4, -0.2) is 11.6 Å². The van der Waals surface area contributed by atoms with Crippen LogP contribution in [0.2, 0.25) is 0 Å². The normalized spacial score (nSPS) is 19.8. The molecule has 1 aliphatic rings. The van der Waals surface area contributed by atoms with Gasteiger partial charge in [-0.25, -0.2) is 9.83 Å². The lowest BCUT2D eigenvalue weighted by atomic mass is 11.2. The molecule has 0 aromatic carbocycles. The van der Waals surface area contributed by atoms with E-state index in [1.165, 1.54) is 0 Å². The Morgan fingerprint density at radius 2 is 2.67 bits per heavy atom. The zero-order chi connectivity index (χ0) is 4.41. The third-order valence-corrected chi connectivity index (χ3v) is 0.366. The molecule has 1 rings (SSSR count). The summed E-state index contributed by atoms with van der Waals surface area (Å²) in [4.78, 5) is 7.22. The molecule has 0 amide bonds. The maximum absolute atomic E-state index is 11.4. The molecule has 0 aliphatic carbocycles. The van der Waals surface area contributed by atoms with Crippen LogP contribution in [0.3, 0.4) is 0 Å². The van der Waals surface area contributed by atoms with Crippen LogP contribution in [0, 0.1) is 6.73 Å². The van der Waals surface area contributed by atoms with Gasteiger partial charge >= 0.3 is 0 Å². The Bertz CT molecular complexity index is 73.9. The lowest BCUT2D eigenvalue weighted by Gasteiger charge is -1.91. The second kappa shape index (κ2) is 1.22. The topological polar surface area (TPSA) is 24.8 Å². The average molecular weight is 89.0 g/mol. The monoisotopic (exact) mass is 89.0 g/mol. The summed E-state index contributed by atoms with van der Waals surface area (Å²) in [5.41, 5.74) is 0. The van der Waals surface area contributed by atoms with E-state index in [-0.39, 0.29) is 5.29 Å². The number of halogens is 1. The Morgan fingerprint density at radius 3 is 2.83 bits per heavy atom. The first-order chi connectivity index (χ1) is 2.89. The largest absolute Gasteiger partial charge is 0.231 e. The second-order valence-electron chi connectivity index (χ2n) is 0.747. The fourth-order valence-corrected chi connectivity index (χ4v) is 0.179. The van der Waals surface area contributed by atoms with Gasteiger partial charge < -0.3 is 0 Å². The molecular formula is C2H2FN2O. The predicted molar refractivity (Wildman–Crippen MR) is 16.8 cm³/mol. The van der Waals surface area contributed by atoms with Gasteiger partial charge in [0.05, 0.1) is 0 Å². The lowest BCUT2D eigenvalue weighted by Crippen LogP contribution is -2.00. The van der Waals surface area contributed by atoms with Gasteiger partial charge in [0.1, 0.15) is 6.34 Å². The van der Waals surface area contributed by atoms with Crippen molar-refractivity contribution in [3.8, 4) is 0 Å². The van der Waals surface area contributed by atoms with Crippen molar-refractivity contribution >= 4 is 6.34 Å². The van der Waals surface area contributed by atoms with Gasteiger partial charge in [-0.1, -0.05) is 9.77 Å². The third kappa shape index (κ3) is 0.463. The summed E-state index contributed by atoms with van der Waals surface area (Å²) in [5.74, 6) is 0. The van der Waals surface area contributed by atoms with Gasteiger partial charge in [0, 0.05) is 0 Å². The Balaban J connectivity index is 2.38. The molecule has 0 fully saturated rings. The van der Waals surface area contributed by atoms with Gasteiger partial charge in [-0.2, -0.15) is 0 Å². The Morgan fingerprint density at radius 1 is 1.83 bits per heavy atom. The highest BCUT2D eigenvalue weighted by Gasteiger charge is 2.00. The molecule has 0 bridgehead atoms. The minimum absolute atomic E-state index is 0.0139. The fraction of sp³-hybridized carbons (Fsp3) is 0. The lowest BCUT2D eigenvalue weighted by molar-refractivity contribution is -0.176. The molecule has 0 unspecified atom stereocenters. The van der Waals surface area contributed by atoms with Crippen LogP contribution in [0.4, 0.5) is 4.48 Å². The molecule has 6 heavy (non-hydrogen) atoms. The van der Waals surface area contributed by atoms with E-state index < -0.39 is 0 Å². The second-order valence-corrected chi connectivity index (χ2v) is 0.747. The molecule has 33 valence electrons. The van der Waals surface area contributed by atoms with Crippen molar-refractivity contribution < 1.29 is 9.32 Å². The zero-order valence-corrected chi connectivity index (χ0v) is 2.84. The Kier molecular flexibility index (Phi) is 0.719. The van der Waals surface area contributed by atoms with Crippen molar-refractivity contribution in [3.05, 3.63) is 6.73 Å². The van der Waals surface area contributed by atoms with E-state index in [0.717, 1.165) is 13.1 Å². The van der Waals surface area contributed by atoms with Crippen molar-refractivity contribution in [2.24, 2.45) is 4.99 Å². The molecule has 0 aromatic heterocycles. The molecule has 0 saturated carbocycles. The summed E-state index contributed by atoms with van der Waals surface area (Å²) < 4.78 is 11.4. The van der Waals surface area contributed by atoms with Crippen molar-refractivity contribution in [3.63, 3.8) is 0 Å². The highest BCUT2D eigenvalue weighted by molar-refractivity contribution is 5.53. The van der Waals surface area contributed by atoms with E-state index in [1.807, 2.05) is 0 Å². The summed E-state index contributed by atoms with van der Waals surface area (Å²) in [5, 5.41) is 0.0139. The van der Waals surface area contributed by atoms with Crippen LogP contribution < -0.4 is 0 Å². The predicted octanol–water partition coefficient (Wildman–Crippen LogP) is 0.266. The van der Waals surface area contributed by atoms with Crippen molar-refractivity contribution in [1.82, 2.24) is 5.29 Å². The third-order valence-electron chi connectivity index (χ3n) is 0.366. The van der Waals surface area contributed by atoms with E-state index in [1.54, 1.807) is 0 Å². The van der Waals surface area contributed by atoms with Crippen LogP contribution in [0.1, 0.15) is 0 Å². The van der Waals surface area contributed by atoms with Gasteiger partial charge in [0.25, 0.3) is 0 Å². The average Bonchev–Trinajstić information content (AvgIpc) is 1.86. The van der Waals surface area contributed by atoms with Gasteiger partial charge in [-0.3, -0.25) is 0 Å². The standard InChI is InChI=1S/C2H2FN2O/c3-5-1-4-2-6-5/h1-2H. The molecule has 1 heterocycles. The molecule has 0 atom stereocenters. The first-order valence-electron chi connectivity index (χ1n) is 1.36. The molecular weight excluding hydrogens is 87.0 g/mol. The summed E-state index contributed by atoms with van der Waals surface area (Å²) in [6.45, 7) is 1.00. The molecule has 0 N–H and O–H groups in total. The molecule has 1 radical (unpaired) electrons. The molecule has 4 heteroatoms. The van der Waals surface area contributed by atoms with E-state index in [9.17, 15) is 4.48 Å². The highest BCUT2D eigenvalue weighted by Crippen LogP contribution is 1.97. The fourth-order valence-electron chi connectivity index (χ4n) is 0.179. The van der Waals surface area contributed by atoms with Crippen LogP contribution in [0.15, 0.2) is 4.99 Å². The Hall–Kier alpha value is -0.640. The molecule has 1 aliphatic heterocycles. The quantitative estimate of drug-likeness (QED) is 0.398. The van der Waals surface area contributed by atoms with Gasteiger partial charge in [0.15, 0.2) is 0 Å². The SMILES string of the molecule is FN1C=N[CH]O1. The number of hydrogen-bond donors (Lipinski definition) is 0. The Labute approximate surface area is 33.9 Å². The van der Waals surface area contributed by atoms with Crippen molar-refractivity contribution in [2.75, 3.05) is 0 Å². The van der Waals surface area contributed by atoms with Gasteiger partial charge in [-0.15, -0.1) is 0 Å². The summed E-state index contributed by atoms with van der Waals surface area (Å²) in [6.07, 6.45) is 0.917. The van der Waals surface area contributed by atoms with Crippen molar-refractivity contribution in [1.29, 1.82) is 0 Å². The van der Waals surface area contributed by atoms with Gasteiger partial charge in [-0.05, 0) is 0 Å². The van der Waals surface area contributed by atoms with Gasteiger partial charge in [0.2, 0.25) is 6.73 Å². The number of hydrogen-bond acceptors (Lipinski definition) is 3. The minimum atomic E-state index is 0.0139. The molecule has 3 nitrogen and oxygen atoms in total. The van der Waals surface area contributed by atoms with Crippen molar-refractivity contribution in [2.45, 2.75) is 0 Å². The van der Waals surface area contributed by atoms with Crippen LogP contribution in [0.25, 0.3) is 0 Å². The maximum atomic E-state index is 11.4. The summed E-state index contributed by atoms with van der Waals surface area (Å²) in [7, 11) is 0. The summed E-state index contributed by atoms with van der Waals surface area (Å²) in [6, 6.07) is 0. The zero-order valence-electron chi connectivity index (χ0n) is 2.84. The van der Waals surface area contributed by atoms with E-state index >= 15 is 0 Å². The number of aliphatic imine (C=N–C) groups is 1. The number of nitrogens with zero attached hydrogens (tertiary/aromatic N) is 2.